The number of fused-ring (bicyclic) bond motifs is 1. The van der Waals surface area contributed by atoms with Crippen molar-refractivity contribution >= 4 is 33.3 Å². The van der Waals surface area contributed by atoms with Gasteiger partial charge in [0, 0.05) is 36.4 Å². The number of hydrogen-bond acceptors (Lipinski definition) is 3. The highest BCUT2D eigenvalue weighted by Gasteiger charge is 2.36. The molecule has 0 aliphatic carbocycles. The first-order chi connectivity index (χ1) is 9.32. The molecular formula is C15H17BrN2O2. The van der Waals surface area contributed by atoms with Crippen LogP contribution >= 0.6 is 15.9 Å². The third-order valence-corrected chi connectivity index (χ3v) is 3.55. The number of ketones is 1. The molecule has 0 bridgehead atoms. The molecule has 0 unspecified atom stereocenters. The summed E-state index contributed by atoms with van der Waals surface area (Å²) in [6.45, 7) is 3.87. The molecule has 5 heteroatoms. The Labute approximate surface area is 127 Å². The van der Waals surface area contributed by atoms with E-state index in [0.717, 1.165) is 4.47 Å². The fourth-order valence-electron chi connectivity index (χ4n) is 2.26. The van der Waals surface area contributed by atoms with Gasteiger partial charge in [-0.05, 0) is 32.0 Å². The lowest BCUT2D eigenvalue weighted by Gasteiger charge is -2.33. The molecule has 4 nitrogen and oxygen atoms in total. The van der Waals surface area contributed by atoms with Gasteiger partial charge in [0.1, 0.15) is 5.57 Å². The summed E-state index contributed by atoms with van der Waals surface area (Å²) in [7, 11) is 3.59. The molecule has 0 saturated heterocycles. The van der Waals surface area contributed by atoms with E-state index < -0.39 is 0 Å². The van der Waals surface area contributed by atoms with Crippen molar-refractivity contribution in [3.8, 4) is 0 Å². The van der Waals surface area contributed by atoms with Gasteiger partial charge in [-0.25, -0.2) is 0 Å². The molecule has 0 spiro atoms. The summed E-state index contributed by atoms with van der Waals surface area (Å²) in [5, 5.41) is 0. The Bertz CT molecular complexity index is 606. The number of nitrogens with zero attached hydrogens (tertiary/aromatic N) is 2. The van der Waals surface area contributed by atoms with Crippen LogP contribution in [0, 0.1) is 0 Å². The minimum absolute atomic E-state index is 0.0192. The Morgan fingerprint density at radius 2 is 1.90 bits per heavy atom. The second-order valence-corrected chi connectivity index (χ2v) is 6.18. The molecule has 20 heavy (non-hydrogen) atoms. The van der Waals surface area contributed by atoms with E-state index in [9.17, 15) is 9.59 Å². The smallest absolute Gasteiger partial charge is 0.264 e. The number of Topliss-reactive ketones (excluding diaryl/α,β-unsaturated/α-hetero) is 1. The van der Waals surface area contributed by atoms with E-state index >= 15 is 0 Å². The van der Waals surface area contributed by atoms with Crippen molar-refractivity contribution in [3.05, 3.63) is 40.0 Å². The second-order valence-electron chi connectivity index (χ2n) is 5.27. The largest absolute Gasteiger partial charge is 0.383 e. The molecule has 0 fully saturated rings. The standard InChI is InChI=1S/C15H17BrN2O2/c1-9(2)18-13-7-10(16)5-6-11(13)14(19)12(15(18)20)8-17(3)4/h5-9H,1-4H3/b12-8+. The van der Waals surface area contributed by atoms with Crippen molar-refractivity contribution < 1.29 is 9.59 Å². The molecule has 0 saturated carbocycles. The van der Waals surface area contributed by atoms with Gasteiger partial charge in [-0.2, -0.15) is 0 Å². The number of benzene rings is 1. The van der Waals surface area contributed by atoms with Gasteiger partial charge in [0.15, 0.2) is 0 Å². The highest BCUT2D eigenvalue weighted by molar-refractivity contribution is 9.10. The van der Waals surface area contributed by atoms with E-state index in [2.05, 4.69) is 15.9 Å². The van der Waals surface area contributed by atoms with Gasteiger partial charge in [-0.1, -0.05) is 15.9 Å². The Hall–Kier alpha value is -1.62. The molecule has 1 aliphatic rings. The molecule has 2 rings (SSSR count). The van der Waals surface area contributed by atoms with Gasteiger partial charge < -0.3 is 9.80 Å². The predicted molar refractivity (Wildman–Crippen MR) is 82.9 cm³/mol. The van der Waals surface area contributed by atoms with E-state index in [4.69, 9.17) is 0 Å². The number of halogens is 1. The average Bonchev–Trinajstić information content (AvgIpc) is 2.33. The van der Waals surface area contributed by atoms with Crippen molar-refractivity contribution in [2.45, 2.75) is 19.9 Å². The summed E-state index contributed by atoms with van der Waals surface area (Å²) in [6, 6.07) is 5.37. The molecule has 1 aromatic carbocycles. The molecule has 0 atom stereocenters. The molecule has 1 aliphatic heterocycles. The monoisotopic (exact) mass is 336 g/mol. The maximum atomic E-state index is 12.6. The minimum Gasteiger partial charge on any atom is -0.383 e. The Kier molecular flexibility index (Phi) is 3.99. The number of anilines is 1. The summed E-state index contributed by atoms with van der Waals surface area (Å²) >= 11 is 3.39. The third kappa shape index (κ3) is 2.50. The zero-order valence-electron chi connectivity index (χ0n) is 12.0. The summed E-state index contributed by atoms with van der Waals surface area (Å²) in [4.78, 5) is 28.4. The number of rotatable bonds is 2. The molecule has 0 N–H and O–H groups in total. The zero-order valence-corrected chi connectivity index (χ0v) is 13.6. The minimum atomic E-state index is -0.246. The van der Waals surface area contributed by atoms with Crippen LogP contribution in [0.5, 0.6) is 0 Å². The first-order valence-electron chi connectivity index (χ1n) is 6.39. The quantitative estimate of drug-likeness (QED) is 0.616. The molecule has 0 aromatic heterocycles. The third-order valence-electron chi connectivity index (χ3n) is 3.06. The van der Waals surface area contributed by atoms with Crippen LogP contribution in [0.2, 0.25) is 0 Å². The van der Waals surface area contributed by atoms with Crippen LogP contribution in [0.4, 0.5) is 5.69 Å². The van der Waals surface area contributed by atoms with Crippen LogP contribution in [-0.2, 0) is 4.79 Å². The zero-order chi connectivity index (χ0) is 15.0. The van der Waals surface area contributed by atoms with E-state index in [-0.39, 0.29) is 23.3 Å². The lowest BCUT2D eigenvalue weighted by molar-refractivity contribution is -0.115. The van der Waals surface area contributed by atoms with Crippen LogP contribution in [0.15, 0.2) is 34.4 Å². The highest BCUT2D eigenvalue weighted by Crippen LogP contribution is 2.34. The fraction of sp³-hybridized carbons (Fsp3) is 0.333. The van der Waals surface area contributed by atoms with Gasteiger partial charge in [-0.15, -0.1) is 0 Å². The second kappa shape index (κ2) is 5.40. The molecule has 1 aromatic rings. The van der Waals surface area contributed by atoms with Gasteiger partial charge in [-0.3, -0.25) is 9.59 Å². The summed E-state index contributed by atoms with van der Waals surface area (Å²) < 4.78 is 0.850. The fourth-order valence-corrected chi connectivity index (χ4v) is 2.61. The topological polar surface area (TPSA) is 40.6 Å². The van der Waals surface area contributed by atoms with Crippen LogP contribution in [0.1, 0.15) is 24.2 Å². The molecule has 1 amide bonds. The molecule has 106 valence electrons. The van der Waals surface area contributed by atoms with Crippen molar-refractivity contribution in [2.75, 3.05) is 19.0 Å². The van der Waals surface area contributed by atoms with E-state index in [1.165, 1.54) is 0 Å². The Morgan fingerprint density at radius 3 is 2.45 bits per heavy atom. The van der Waals surface area contributed by atoms with E-state index in [0.29, 0.717) is 11.3 Å². The van der Waals surface area contributed by atoms with Crippen molar-refractivity contribution in [1.29, 1.82) is 0 Å². The van der Waals surface area contributed by atoms with Crippen LogP contribution < -0.4 is 4.90 Å². The van der Waals surface area contributed by atoms with Crippen molar-refractivity contribution in [3.63, 3.8) is 0 Å². The lowest BCUT2D eigenvalue weighted by Crippen LogP contribution is -2.44. The predicted octanol–water partition coefficient (Wildman–Crippen LogP) is 2.83. The first kappa shape index (κ1) is 14.8. The maximum absolute atomic E-state index is 12.6. The number of amides is 1. The van der Waals surface area contributed by atoms with E-state index in [1.54, 1.807) is 36.2 Å². The average molecular weight is 337 g/mol. The Morgan fingerprint density at radius 1 is 1.25 bits per heavy atom. The van der Waals surface area contributed by atoms with Gasteiger partial charge in [0.25, 0.3) is 5.91 Å². The number of carbonyl (C=O) groups is 2. The van der Waals surface area contributed by atoms with Gasteiger partial charge in [0.05, 0.1) is 5.69 Å². The van der Waals surface area contributed by atoms with Crippen LogP contribution in [-0.4, -0.2) is 36.7 Å². The number of carbonyl (C=O) groups excluding carboxylic acids is 2. The van der Waals surface area contributed by atoms with Crippen LogP contribution in [0.25, 0.3) is 0 Å². The first-order valence-corrected chi connectivity index (χ1v) is 7.18. The van der Waals surface area contributed by atoms with Gasteiger partial charge in [0.2, 0.25) is 5.78 Å². The van der Waals surface area contributed by atoms with Crippen LogP contribution in [0.3, 0.4) is 0 Å². The SMILES string of the molecule is CC(C)N1C(=O)/C(=C/N(C)C)C(=O)c2ccc(Br)cc21. The highest BCUT2D eigenvalue weighted by atomic mass is 79.9. The Balaban J connectivity index is 2.67. The van der Waals surface area contributed by atoms with Crippen molar-refractivity contribution in [1.82, 2.24) is 4.90 Å². The normalized spacial score (nSPS) is 16.9. The van der Waals surface area contributed by atoms with E-state index in [1.807, 2.05) is 26.0 Å². The summed E-state index contributed by atoms with van der Waals surface area (Å²) in [6.07, 6.45) is 1.59. The lowest BCUT2D eigenvalue weighted by atomic mass is 9.94. The summed E-state index contributed by atoms with van der Waals surface area (Å²) in [5.74, 6) is -0.465. The maximum Gasteiger partial charge on any atom is 0.264 e. The number of hydrogen-bond donors (Lipinski definition) is 0. The summed E-state index contributed by atoms with van der Waals surface area (Å²) in [5.41, 5.74) is 1.44. The molecular weight excluding hydrogens is 320 g/mol. The molecule has 0 radical (unpaired) electrons. The molecule has 1 heterocycles. The van der Waals surface area contributed by atoms with Gasteiger partial charge >= 0.3 is 0 Å². The van der Waals surface area contributed by atoms with Crippen molar-refractivity contribution in [2.24, 2.45) is 0 Å².